The highest BCUT2D eigenvalue weighted by Crippen LogP contribution is 2.25. The molecule has 2 N–H and O–H groups in total. The lowest BCUT2D eigenvalue weighted by Crippen LogP contribution is -2.50. The fourth-order valence-electron chi connectivity index (χ4n) is 1.87. The van der Waals surface area contributed by atoms with E-state index >= 15 is 0 Å². The first kappa shape index (κ1) is 11.0. The second kappa shape index (κ2) is 4.40. The average Bonchev–Trinajstić information content (AvgIpc) is 2.54. The lowest BCUT2D eigenvalue weighted by atomic mass is 9.87. The predicted molar refractivity (Wildman–Crippen MR) is 52.6 cm³/mol. The van der Waals surface area contributed by atoms with Crippen LogP contribution in [0.25, 0.3) is 0 Å². The van der Waals surface area contributed by atoms with Gasteiger partial charge in [-0.05, 0) is 27.2 Å². The average molecular weight is 187 g/mol. The van der Waals surface area contributed by atoms with Crippen LogP contribution in [-0.2, 0) is 9.47 Å². The van der Waals surface area contributed by atoms with Crippen LogP contribution in [0.4, 0.5) is 0 Å². The summed E-state index contributed by atoms with van der Waals surface area (Å²) in [5.74, 6) is 0.460. The summed E-state index contributed by atoms with van der Waals surface area (Å²) in [6, 6.07) is 0.0787. The molecule has 3 nitrogen and oxygen atoms in total. The molecule has 0 amide bonds. The van der Waals surface area contributed by atoms with E-state index in [1.807, 2.05) is 6.92 Å². The van der Waals surface area contributed by atoms with Gasteiger partial charge in [0.1, 0.15) is 0 Å². The van der Waals surface area contributed by atoms with Gasteiger partial charge >= 0.3 is 0 Å². The van der Waals surface area contributed by atoms with E-state index < -0.39 is 0 Å². The van der Waals surface area contributed by atoms with E-state index in [1.165, 1.54) is 0 Å². The molecule has 3 heteroatoms. The van der Waals surface area contributed by atoms with E-state index in [0.717, 1.165) is 19.6 Å². The molecule has 1 aliphatic rings. The zero-order chi connectivity index (χ0) is 9.90. The first-order chi connectivity index (χ1) is 6.08. The molecule has 0 saturated carbocycles. The Labute approximate surface area is 80.6 Å². The lowest BCUT2D eigenvalue weighted by molar-refractivity contribution is -0.0431. The normalized spacial score (nSPS) is 26.3. The van der Waals surface area contributed by atoms with E-state index in [0.29, 0.717) is 12.5 Å². The van der Waals surface area contributed by atoms with Gasteiger partial charge in [-0.15, -0.1) is 0 Å². The molecule has 1 aliphatic heterocycles. The first-order valence-corrected chi connectivity index (χ1v) is 5.05. The van der Waals surface area contributed by atoms with Gasteiger partial charge in [0, 0.05) is 25.2 Å². The molecular formula is C10H21NO2. The number of hydrogen-bond acceptors (Lipinski definition) is 3. The van der Waals surface area contributed by atoms with Crippen LogP contribution in [0.3, 0.4) is 0 Å². The molecule has 0 aromatic heterocycles. The van der Waals surface area contributed by atoms with Crippen LogP contribution in [0.1, 0.15) is 27.2 Å². The monoisotopic (exact) mass is 187 g/mol. The summed E-state index contributed by atoms with van der Waals surface area (Å²) >= 11 is 0. The van der Waals surface area contributed by atoms with Crippen molar-refractivity contribution in [1.29, 1.82) is 0 Å². The maximum absolute atomic E-state index is 6.14. The second-order valence-corrected chi connectivity index (χ2v) is 4.19. The Bertz CT molecular complexity index is 153. The highest BCUT2D eigenvalue weighted by Gasteiger charge is 2.35. The van der Waals surface area contributed by atoms with Crippen molar-refractivity contribution in [3.05, 3.63) is 0 Å². The number of hydrogen-bond donors (Lipinski definition) is 1. The predicted octanol–water partition coefficient (Wildman–Crippen LogP) is 1.17. The van der Waals surface area contributed by atoms with E-state index in [4.69, 9.17) is 15.2 Å². The summed E-state index contributed by atoms with van der Waals surface area (Å²) in [5.41, 5.74) is 5.91. The van der Waals surface area contributed by atoms with Crippen LogP contribution in [0.5, 0.6) is 0 Å². The molecule has 0 bridgehead atoms. The van der Waals surface area contributed by atoms with Crippen molar-refractivity contribution < 1.29 is 9.47 Å². The van der Waals surface area contributed by atoms with E-state index in [-0.39, 0.29) is 11.6 Å². The minimum atomic E-state index is -0.229. The third-order valence-electron chi connectivity index (χ3n) is 2.79. The maximum atomic E-state index is 6.14. The number of ether oxygens (including phenoxy) is 2. The summed E-state index contributed by atoms with van der Waals surface area (Å²) in [5, 5.41) is 0. The van der Waals surface area contributed by atoms with Gasteiger partial charge in [0.05, 0.1) is 12.2 Å². The Balaban J connectivity index is 2.48. The SMILES string of the molecule is CCOC(C)(C)C(N)C1CCOC1. The third-order valence-corrected chi connectivity index (χ3v) is 2.79. The molecule has 1 fully saturated rings. The molecule has 2 atom stereocenters. The maximum Gasteiger partial charge on any atom is 0.0780 e. The van der Waals surface area contributed by atoms with Gasteiger partial charge in [-0.2, -0.15) is 0 Å². The molecule has 0 spiro atoms. The van der Waals surface area contributed by atoms with Gasteiger partial charge in [0.25, 0.3) is 0 Å². The molecule has 0 aromatic rings. The first-order valence-electron chi connectivity index (χ1n) is 5.05. The quantitative estimate of drug-likeness (QED) is 0.718. The molecule has 1 rings (SSSR count). The van der Waals surface area contributed by atoms with E-state index in [2.05, 4.69) is 13.8 Å². The van der Waals surface area contributed by atoms with Crippen molar-refractivity contribution in [2.45, 2.75) is 38.8 Å². The summed E-state index contributed by atoms with van der Waals surface area (Å²) in [7, 11) is 0. The summed E-state index contributed by atoms with van der Waals surface area (Å²) in [6.07, 6.45) is 1.07. The molecule has 2 unspecified atom stereocenters. The van der Waals surface area contributed by atoms with Gasteiger partial charge in [-0.3, -0.25) is 0 Å². The van der Waals surface area contributed by atoms with Crippen molar-refractivity contribution in [3.8, 4) is 0 Å². The summed E-state index contributed by atoms with van der Waals surface area (Å²) in [6.45, 7) is 8.46. The Morgan fingerprint density at radius 2 is 2.31 bits per heavy atom. The van der Waals surface area contributed by atoms with Gasteiger partial charge in [0.2, 0.25) is 0 Å². The Morgan fingerprint density at radius 1 is 1.62 bits per heavy atom. The van der Waals surface area contributed by atoms with E-state index in [9.17, 15) is 0 Å². The lowest BCUT2D eigenvalue weighted by Gasteiger charge is -2.34. The Kier molecular flexibility index (Phi) is 3.71. The van der Waals surface area contributed by atoms with Crippen molar-refractivity contribution >= 4 is 0 Å². The number of nitrogens with two attached hydrogens (primary N) is 1. The Morgan fingerprint density at radius 3 is 2.77 bits per heavy atom. The standard InChI is InChI=1S/C10H21NO2/c1-4-13-10(2,3)9(11)8-5-6-12-7-8/h8-9H,4-7,11H2,1-3H3. The van der Waals surface area contributed by atoms with Gasteiger partial charge in [0.15, 0.2) is 0 Å². The topological polar surface area (TPSA) is 44.5 Å². The summed E-state index contributed by atoms with van der Waals surface area (Å²) < 4.78 is 10.9. The molecule has 0 radical (unpaired) electrons. The third kappa shape index (κ3) is 2.66. The van der Waals surface area contributed by atoms with Crippen LogP contribution in [0.2, 0.25) is 0 Å². The Hall–Kier alpha value is -0.120. The van der Waals surface area contributed by atoms with Crippen molar-refractivity contribution in [2.75, 3.05) is 19.8 Å². The highest BCUT2D eigenvalue weighted by molar-refractivity contribution is 4.89. The fraction of sp³-hybridized carbons (Fsp3) is 1.00. The van der Waals surface area contributed by atoms with Crippen LogP contribution < -0.4 is 5.73 Å². The molecule has 1 heterocycles. The minimum absolute atomic E-state index is 0.0787. The van der Waals surface area contributed by atoms with Crippen LogP contribution in [0, 0.1) is 5.92 Å². The van der Waals surface area contributed by atoms with Crippen LogP contribution >= 0.6 is 0 Å². The molecule has 78 valence electrons. The number of rotatable bonds is 4. The molecule has 13 heavy (non-hydrogen) atoms. The fourth-order valence-corrected chi connectivity index (χ4v) is 1.87. The summed E-state index contributed by atoms with van der Waals surface area (Å²) in [4.78, 5) is 0. The highest BCUT2D eigenvalue weighted by atomic mass is 16.5. The second-order valence-electron chi connectivity index (χ2n) is 4.19. The van der Waals surface area contributed by atoms with Crippen molar-refractivity contribution in [2.24, 2.45) is 11.7 Å². The molecule has 0 aromatic carbocycles. The van der Waals surface area contributed by atoms with E-state index in [1.54, 1.807) is 0 Å². The van der Waals surface area contributed by atoms with Gasteiger partial charge in [-0.1, -0.05) is 0 Å². The minimum Gasteiger partial charge on any atom is -0.381 e. The van der Waals surface area contributed by atoms with Crippen molar-refractivity contribution in [3.63, 3.8) is 0 Å². The largest absolute Gasteiger partial charge is 0.381 e. The smallest absolute Gasteiger partial charge is 0.0780 e. The molecular weight excluding hydrogens is 166 g/mol. The molecule has 1 saturated heterocycles. The van der Waals surface area contributed by atoms with Crippen molar-refractivity contribution in [1.82, 2.24) is 0 Å². The zero-order valence-corrected chi connectivity index (χ0v) is 8.88. The van der Waals surface area contributed by atoms with Gasteiger partial charge in [-0.25, -0.2) is 0 Å². The molecule has 0 aliphatic carbocycles. The van der Waals surface area contributed by atoms with Crippen LogP contribution in [0.15, 0.2) is 0 Å². The van der Waals surface area contributed by atoms with Crippen LogP contribution in [-0.4, -0.2) is 31.5 Å². The van der Waals surface area contributed by atoms with Gasteiger partial charge < -0.3 is 15.2 Å². The zero-order valence-electron chi connectivity index (χ0n) is 8.88.